The molecule has 0 aliphatic carbocycles. The Balaban J connectivity index is 0.000000176. The Morgan fingerprint density at radius 3 is 1.07 bits per heavy atom. The molecule has 1 fully saturated rings. The lowest BCUT2D eigenvalue weighted by atomic mass is 9.81. The summed E-state index contributed by atoms with van der Waals surface area (Å²) >= 11 is 10.6. The maximum atomic E-state index is 12.9. The van der Waals surface area contributed by atoms with Gasteiger partial charge in [0.05, 0.1) is 66.5 Å². The van der Waals surface area contributed by atoms with Crippen LogP contribution in [0.15, 0.2) is 213 Å². The number of anilines is 2. The van der Waals surface area contributed by atoms with Gasteiger partial charge < -0.3 is 64.3 Å². The van der Waals surface area contributed by atoms with Crippen LogP contribution in [0.1, 0.15) is 164 Å². The number of halogens is 3. The van der Waals surface area contributed by atoms with Gasteiger partial charge in [0, 0.05) is 147 Å². The number of fused-ring (bicyclic) bond motifs is 4. The molecule has 0 radical (unpaired) electrons. The number of aromatic nitrogens is 18. The number of amides is 2. The van der Waals surface area contributed by atoms with Gasteiger partial charge in [-0.05, 0) is 230 Å². The van der Waals surface area contributed by atoms with Crippen molar-refractivity contribution in [1.82, 2.24) is 98.3 Å². The Labute approximate surface area is 842 Å². The summed E-state index contributed by atoms with van der Waals surface area (Å²) in [6.07, 6.45) is 6.72. The fraction of sp³-hybridized carbons (Fsp3) is 0.333. The number of hydrogen-bond acceptors (Lipinski definition) is 24. The summed E-state index contributed by atoms with van der Waals surface area (Å²) in [4.78, 5) is 86.5. The van der Waals surface area contributed by atoms with E-state index in [1.807, 2.05) is 203 Å². The molecular weight excluding hydrogens is 1970 g/mol. The smallest absolute Gasteiger partial charge is 0.481 e. The van der Waals surface area contributed by atoms with E-state index >= 15 is 0 Å². The number of hydrazine groups is 1. The summed E-state index contributed by atoms with van der Waals surface area (Å²) in [7, 11) is 10.3. The zero-order valence-corrected chi connectivity index (χ0v) is 89.1. The Morgan fingerprint density at radius 1 is 0.450 bits per heavy atom. The number of aliphatic imine (C=N–C) groups is 1. The van der Waals surface area contributed by atoms with Crippen molar-refractivity contribution >= 4 is 140 Å². The van der Waals surface area contributed by atoms with E-state index in [1.165, 1.54) is 0 Å². The van der Waals surface area contributed by atoms with Gasteiger partial charge in [-0.3, -0.25) is 41.2 Å². The monoisotopic (exact) mass is 2090 g/mol. The van der Waals surface area contributed by atoms with Gasteiger partial charge in [-0.15, -0.1) is 0 Å². The van der Waals surface area contributed by atoms with E-state index in [9.17, 15) is 9.59 Å². The topological polar surface area (TPSA) is 463 Å². The summed E-state index contributed by atoms with van der Waals surface area (Å²) in [5, 5.41) is 22.0. The van der Waals surface area contributed by atoms with Crippen LogP contribution >= 0.6 is 47.8 Å². The molecule has 1 aliphatic rings. The number of primary amides is 1. The number of imidazole rings is 4. The highest BCUT2D eigenvalue weighted by atomic mass is 79.9. The van der Waals surface area contributed by atoms with E-state index in [0.717, 1.165) is 149 Å². The number of carbonyl (C=O) groups is 3. The van der Waals surface area contributed by atoms with E-state index in [1.54, 1.807) is 45.1 Å². The lowest BCUT2D eigenvalue weighted by molar-refractivity contribution is -0.270. The summed E-state index contributed by atoms with van der Waals surface area (Å²) in [5.74, 6) is 13.3. The van der Waals surface area contributed by atoms with Gasteiger partial charge in [0.15, 0.2) is 11.6 Å². The van der Waals surface area contributed by atoms with Gasteiger partial charge in [-0.2, -0.15) is 15.2 Å². The number of nitrogen functional groups attached to an aromatic ring is 2. The number of nitrogens with zero attached hydrogens (tertiary/aromatic N) is 19. The highest BCUT2D eigenvalue weighted by Gasteiger charge is 2.52. The molecule has 8 aromatic carbocycles. The summed E-state index contributed by atoms with van der Waals surface area (Å²) in [6.45, 7) is 42.5. The Kier molecular flexibility index (Phi) is 35.1. The third kappa shape index (κ3) is 26.0. The molecule has 0 spiro atoms. The molecule has 0 unspecified atom stereocenters. The molecule has 1 aliphatic heterocycles. The largest absolute Gasteiger partial charge is 0.498 e. The minimum absolute atomic E-state index is 0.125. The van der Waals surface area contributed by atoms with Crippen LogP contribution in [0.25, 0.3) is 124 Å². The Bertz CT molecular complexity index is 7050. The van der Waals surface area contributed by atoms with Crippen molar-refractivity contribution < 1.29 is 38.3 Å². The predicted octanol–water partition coefficient (Wildman–Crippen LogP) is 19.3. The molecule has 1 saturated heterocycles. The van der Waals surface area contributed by atoms with Crippen LogP contribution in [-0.4, -0.2) is 194 Å². The molecule has 0 bridgehead atoms. The lowest BCUT2D eigenvalue weighted by Gasteiger charge is -2.32. The number of benzene rings is 8. The van der Waals surface area contributed by atoms with Crippen molar-refractivity contribution in [1.29, 1.82) is 0 Å². The van der Waals surface area contributed by atoms with Crippen LogP contribution in [0.4, 0.5) is 11.9 Å². The zero-order chi connectivity index (χ0) is 103. The van der Waals surface area contributed by atoms with E-state index in [-0.39, 0.29) is 51.2 Å². The standard InChI is InChI=1S/C24H24N8.C22H25BrN4O.C20H20BrN5.C18H18BrN3O.C10H16BN3O2.C6H15NO2.C2H4O2.H4N2/c1-14-28-21(31-30-14)17-7-5-6-8-18(17)22-29-19-11-15(16-12-26-23(25)27-13-16)9-10-20(19)32(22)24(2,3)4;1-14(26(5)6)24-21(28)17-10-8-7-9-16(17)20-25-18-13-15(23)11-12-19(18)27(20)22(2,3)4;1-12-22-18(25-24-12)14-7-5-6-8-15(14)19-23-16-11-13(21)9-10-17(16)26(19)20(2,3)4;1-18(2,3)22-15-9-8-11(19)10-14(15)21-17(22)13-7-5-4-6-12(13)16(20)23;1-9(2)10(3,4)16-11(15-9)7-5-13-8(12)14-6-7;1-6(8-4,9-5)7(2)3;1-2(3)4;1-2/h5-13H,1-4H3,(H2,25,26,27)(H,28,30,31);7-13H,1-6H3;5-11H,1-4H3,(H,22,24,25);4-10H,1-3H3,(H2,20,23);5-6H,1-4H3,(H2,12,13,14);1-5H3;1H3,(H,3,4);1-2H2. The summed E-state index contributed by atoms with van der Waals surface area (Å²) in [5.41, 5.74) is 32.2. The molecule has 0 saturated carbocycles. The number of carbonyl (C=O) groups excluding carboxylic acids is 2. The number of aryl methyl sites for hydroxylation is 2. The summed E-state index contributed by atoms with van der Waals surface area (Å²) in [6, 6.07) is 55.7. The van der Waals surface area contributed by atoms with E-state index < -0.39 is 24.9 Å². The van der Waals surface area contributed by atoms with Gasteiger partial charge in [0.2, 0.25) is 23.7 Å². The minimum Gasteiger partial charge on any atom is -0.481 e. The second-order valence-electron chi connectivity index (χ2n) is 38.3. The first kappa shape index (κ1) is 109. The second kappa shape index (κ2) is 45.1. The number of H-pyrrole nitrogens is 2. The zero-order valence-electron chi connectivity index (χ0n) is 84.4. The highest BCUT2D eigenvalue weighted by molar-refractivity contribution is 9.11. The third-order valence-electron chi connectivity index (χ3n) is 22.7. The lowest BCUT2D eigenvalue weighted by Crippen LogP contribution is -2.44. The number of nitrogens with one attached hydrogen (secondary N) is 2. The molecule has 13 N–H and O–H groups in total. The number of aliphatic carboxylic acids is 1. The fourth-order valence-corrected chi connectivity index (χ4v) is 16.0. The molecule has 38 heteroatoms. The highest BCUT2D eigenvalue weighted by Crippen LogP contribution is 2.43. The maximum absolute atomic E-state index is 12.9. The summed E-state index contributed by atoms with van der Waals surface area (Å²) < 4.78 is 33.6. The van der Waals surface area contributed by atoms with Crippen LogP contribution in [-0.2, 0) is 45.7 Å². The van der Waals surface area contributed by atoms with Gasteiger partial charge >= 0.3 is 7.12 Å². The minimum atomic E-state index is -0.833. The average molecular weight is 2090 g/mol. The number of ether oxygens (including phenoxy) is 2. The predicted molar refractivity (Wildman–Crippen MR) is 569 cm³/mol. The Morgan fingerprint density at radius 2 is 0.757 bits per heavy atom. The third-order valence-corrected chi connectivity index (χ3v) is 24.2. The first-order chi connectivity index (χ1) is 65.6. The van der Waals surface area contributed by atoms with Crippen LogP contribution in [0.2, 0.25) is 0 Å². The molecular formula is C102H126BBr3N26O8. The quantitative estimate of drug-likeness (QED) is 0.0133. The molecule has 8 aromatic heterocycles. The average Bonchev–Trinajstić information content (AvgIpc) is 1.64. The molecule has 16 aromatic rings. The number of carboxylic acids is 1. The van der Waals surface area contributed by atoms with Gasteiger partial charge in [-0.1, -0.05) is 139 Å². The maximum Gasteiger partial charge on any atom is 0.498 e. The molecule has 0 atom stereocenters. The first-order valence-electron chi connectivity index (χ1n) is 44.8. The molecule has 9 heterocycles. The van der Waals surface area contributed by atoms with E-state index in [4.69, 9.17) is 65.8 Å². The molecule has 34 nitrogen and oxygen atoms in total. The Hall–Kier alpha value is -13.0. The van der Waals surface area contributed by atoms with Crippen LogP contribution < -0.4 is 34.3 Å². The fourth-order valence-electron chi connectivity index (χ4n) is 15.0. The van der Waals surface area contributed by atoms with Gasteiger partial charge in [0.25, 0.3) is 11.9 Å². The van der Waals surface area contributed by atoms with Gasteiger partial charge in [0.1, 0.15) is 40.8 Å². The molecule has 140 heavy (non-hydrogen) atoms. The number of aromatic amines is 2. The van der Waals surface area contributed by atoms with Crippen molar-refractivity contribution in [2.45, 2.75) is 185 Å². The van der Waals surface area contributed by atoms with E-state index in [0.29, 0.717) is 28.6 Å². The number of amidine groups is 1. The number of nitrogens with two attached hydrogens (primary N) is 5. The molecule has 17 rings (SSSR count). The van der Waals surface area contributed by atoms with Crippen LogP contribution in [0.5, 0.6) is 0 Å². The molecule has 2 amide bonds. The SMILES string of the molecule is CC(=NC(=O)c1ccccc1-c1nc2cc(Br)ccc2n1C(C)(C)C)N(C)C.CC(=O)O.CC(C)(C)n1c(-c2ccccc2C(N)=O)nc2cc(Br)ccc21.CC1(C)OB(c2cnc(N)nc2)OC1(C)C.COC(C)(OC)N(C)C.Cc1nc(-c2ccccc2-c2nc3cc(-c4cnc(N)nc4)ccc3n2C(C)(C)C)n[nH]1.Cc1nc(-c2ccccc2-c2nc3cc(Br)ccc3n2C(C)(C)C)n[nH]1.NN. The normalized spacial score (nSPS) is 13.0. The van der Waals surface area contributed by atoms with Gasteiger partial charge in [-0.25, -0.2) is 49.8 Å². The number of carboxylic acid groups (broad SMARTS) is 1. The number of hydrogen-bond donors (Lipinski definition) is 8. The van der Waals surface area contributed by atoms with E-state index in [2.05, 4.69) is 271 Å². The first-order valence-corrected chi connectivity index (χ1v) is 47.2. The number of methoxy groups -OCH3 is 2. The van der Waals surface area contributed by atoms with Crippen molar-refractivity contribution in [3.8, 4) is 79.5 Å². The second-order valence-corrected chi connectivity index (χ2v) is 41.0. The van der Waals surface area contributed by atoms with Crippen LogP contribution in [0.3, 0.4) is 0 Å². The molecule has 736 valence electrons. The van der Waals surface area contributed by atoms with Crippen molar-refractivity contribution in [2.75, 3.05) is 53.9 Å². The van der Waals surface area contributed by atoms with Crippen molar-refractivity contribution in [3.05, 3.63) is 231 Å². The van der Waals surface area contributed by atoms with Crippen molar-refractivity contribution in [3.63, 3.8) is 0 Å². The number of rotatable bonds is 13. The van der Waals surface area contributed by atoms with Crippen molar-refractivity contribution in [2.24, 2.45) is 22.4 Å². The van der Waals surface area contributed by atoms with Crippen LogP contribution in [0, 0.1) is 13.8 Å².